The summed E-state index contributed by atoms with van der Waals surface area (Å²) in [6.07, 6.45) is 3.38. The summed E-state index contributed by atoms with van der Waals surface area (Å²) >= 11 is 0. The van der Waals surface area contributed by atoms with Crippen LogP contribution in [-0.4, -0.2) is 71.2 Å². The van der Waals surface area contributed by atoms with E-state index in [1.807, 2.05) is 13.8 Å². The Balaban J connectivity index is 2.85. The fourth-order valence-electron chi connectivity index (χ4n) is 3.28. The highest BCUT2D eigenvalue weighted by Crippen LogP contribution is 2.33. The van der Waals surface area contributed by atoms with E-state index in [-0.39, 0.29) is 36.9 Å². The summed E-state index contributed by atoms with van der Waals surface area (Å²) in [7, 11) is 0. The zero-order valence-electron chi connectivity index (χ0n) is 13.8. The van der Waals surface area contributed by atoms with E-state index in [0.29, 0.717) is 26.2 Å². The van der Waals surface area contributed by atoms with Crippen LogP contribution < -0.4 is 0 Å². The minimum absolute atomic E-state index is 0.0188. The molecule has 0 radical (unpaired) electrons. The molecule has 0 spiro atoms. The molecule has 1 aliphatic carbocycles. The number of carbonyl (C=O) groups excluding carboxylic acids is 2. The molecule has 0 aliphatic heterocycles. The number of nitrogens with zero attached hydrogens (tertiary/aromatic N) is 2. The quantitative estimate of drug-likeness (QED) is 0.682. The molecule has 2 N–H and O–H groups in total. The van der Waals surface area contributed by atoms with Gasteiger partial charge in [-0.05, 0) is 26.7 Å². The van der Waals surface area contributed by atoms with Crippen molar-refractivity contribution in [1.82, 2.24) is 9.80 Å². The van der Waals surface area contributed by atoms with Crippen molar-refractivity contribution in [3.05, 3.63) is 0 Å². The van der Waals surface area contributed by atoms with Gasteiger partial charge in [-0.15, -0.1) is 0 Å². The van der Waals surface area contributed by atoms with Gasteiger partial charge in [-0.1, -0.05) is 12.8 Å². The van der Waals surface area contributed by atoms with Crippen LogP contribution in [0.5, 0.6) is 0 Å². The Labute approximate surface area is 133 Å². The summed E-state index contributed by atoms with van der Waals surface area (Å²) in [4.78, 5) is 28.7. The van der Waals surface area contributed by atoms with Crippen LogP contribution in [0.3, 0.4) is 0 Å². The number of aliphatic hydroxyl groups is 2. The van der Waals surface area contributed by atoms with E-state index in [1.54, 1.807) is 9.80 Å². The molecule has 0 bridgehead atoms. The molecule has 128 valence electrons. The maximum absolute atomic E-state index is 12.7. The van der Waals surface area contributed by atoms with Crippen LogP contribution in [0, 0.1) is 11.8 Å². The zero-order chi connectivity index (χ0) is 16.5. The topological polar surface area (TPSA) is 81.1 Å². The predicted molar refractivity (Wildman–Crippen MR) is 84.1 cm³/mol. The minimum atomic E-state index is -0.291. The highest BCUT2D eigenvalue weighted by molar-refractivity contribution is 5.88. The largest absolute Gasteiger partial charge is 0.395 e. The zero-order valence-corrected chi connectivity index (χ0v) is 13.8. The number of likely N-dealkylation sites (N-methyl/N-ethyl adjacent to an activating group) is 2. The van der Waals surface area contributed by atoms with Gasteiger partial charge in [0.2, 0.25) is 11.8 Å². The lowest BCUT2D eigenvalue weighted by Gasteiger charge is -2.36. The van der Waals surface area contributed by atoms with Gasteiger partial charge in [-0.3, -0.25) is 9.59 Å². The molecule has 2 atom stereocenters. The van der Waals surface area contributed by atoms with Gasteiger partial charge in [-0.2, -0.15) is 0 Å². The van der Waals surface area contributed by atoms with Crippen LogP contribution in [0.15, 0.2) is 0 Å². The third-order valence-electron chi connectivity index (χ3n) is 4.53. The van der Waals surface area contributed by atoms with Crippen LogP contribution in [-0.2, 0) is 9.59 Å². The molecule has 0 aromatic rings. The van der Waals surface area contributed by atoms with Gasteiger partial charge >= 0.3 is 0 Å². The van der Waals surface area contributed by atoms with Crippen molar-refractivity contribution in [1.29, 1.82) is 0 Å². The van der Waals surface area contributed by atoms with E-state index in [4.69, 9.17) is 10.2 Å². The summed E-state index contributed by atoms with van der Waals surface area (Å²) in [5, 5.41) is 18.2. The maximum Gasteiger partial charge on any atom is 0.226 e. The highest BCUT2D eigenvalue weighted by atomic mass is 16.3. The van der Waals surface area contributed by atoms with Gasteiger partial charge in [0.05, 0.1) is 13.2 Å². The van der Waals surface area contributed by atoms with Gasteiger partial charge in [0.25, 0.3) is 0 Å². The Kier molecular flexibility index (Phi) is 8.42. The maximum atomic E-state index is 12.7. The lowest BCUT2D eigenvalue weighted by molar-refractivity contribution is -0.148. The van der Waals surface area contributed by atoms with Crippen molar-refractivity contribution in [2.45, 2.75) is 39.5 Å². The van der Waals surface area contributed by atoms with Gasteiger partial charge in [0.15, 0.2) is 0 Å². The molecule has 0 aromatic carbocycles. The second kappa shape index (κ2) is 9.79. The monoisotopic (exact) mass is 314 g/mol. The van der Waals surface area contributed by atoms with Gasteiger partial charge in [-0.25, -0.2) is 0 Å². The lowest BCUT2D eigenvalue weighted by atomic mass is 9.77. The summed E-state index contributed by atoms with van der Waals surface area (Å²) in [6.45, 7) is 5.39. The summed E-state index contributed by atoms with van der Waals surface area (Å²) in [5.74, 6) is -0.620. The molecular formula is C16H30N2O4. The van der Waals surface area contributed by atoms with Crippen molar-refractivity contribution < 1.29 is 19.8 Å². The Hall–Kier alpha value is -1.14. The SMILES string of the molecule is CCN(CCO)C(=O)C1CCCCC1C(=O)N(CC)CCO. The molecule has 6 nitrogen and oxygen atoms in total. The number of hydrogen-bond donors (Lipinski definition) is 2. The molecule has 6 heteroatoms. The first kappa shape index (κ1) is 18.9. The Morgan fingerprint density at radius 2 is 1.23 bits per heavy atom. The first-order valence-electron chi connectivity index (χ1n) is 8.39. The van der Waals surface area contributed by atoms with Crippen LogP contribution in [0.1, 0.15) is 39.5 Å². The van der Waals surface area contributed by atoms with Crippen molar-refractivity contribution in [3.8, 4) is 0 Å². The average molecular weight is 314 g/mol. The van der Waals surface area contributed by atoms with Crippen LogP contribution in [0.2, 0.25) is 0 Å². The number of hydrogen-bond acceptors (Lipinski definition) is 4. The minimum Gasteiger partial charge on any atom is -0.395 e. The van der Waals surface area contributed by atoms with E-state index >= 15 is 0 Å². The molecule has 2 amide bonds. The molecule has 22 heavy (non-hydrogen) atoms. The fraction of sp³-hybridized carbons (Fsp3) is 0.875. The fourth-order valence-corrected chi connectivity index (χ4v) is 3.28. The highest BCUT2D eigenvalue weighted by Gasteiger charge is 2.38. The average Bonchev–Trinajstić information content (AvgIpc) is 2.56. The molecular weight excluding hydrogens is 284 g/mol. The molecule has 1 fully saturated rings. The Morgan fingerprint density at radius 3 is 1.50 bits per heavy atom. The molecule has 1 rings (SSSR count). The van der Waals surface area contributed by atoms with Crippen molar-refractivity contribution >= 4 is 11.8 Å². The van der Waals surface area contributed by atoms with Crippen molar-refractivity contribution in [2.75, 3.05) is 39.4 Å². The first-order chi connectivity index (χ1) is 10.6. The van der Waals surface area contributed by atoms with Gasteiger partial charge in [0.1, 0.15) is 0 Å². The Bertz CT molecular complexity index is 328. The number of amides is 2. The number of rotatable bonds is 8. The Morgan fingerprint density at radius 1 is 0.864 bits per heavy atom. The third kappa shape index (κ3) is 4.68. The smallest absolute Gasteiger partial charge is 0.226 e. The summed E-state index contributed by atoms with van der Waals surface area (Å²) < 4.78 is 0. The molecule has 1 aliphatic rings. The van der Waals surface area contributed by atoms with Crippen molar-refractivity contribution in [2.24, 2.45) is 11.8 Å². The second-order valence-corrected chi connectivity index (χ2v) is 5.78. The standard InChI is InChI=1S/C16H30N2O4/c1-3-17(9-11-19)15(21)13-7-5-6-8-14(13)16(22)18(4-2)10-12-20/h13-14,19-20H,3-12H2,1-2H3. The van der Waals surface area contributed by atoms with Crippen molar-refractivity contribution in [3.63, 3.8) is 0 Å². The summed E-state index contributed by atoms with van der Waals surface area (Å²) in [6, 6.07) is 0. The van der Waals surface area contributed by atoms with E-state index in [9.17, 15) is 9.59 Å². The van der Waals surface area contributed by atoms with E-state index in [1.165, 1.54) is 0 Å². The van der Waals surface area contributed by atoms with Crippen LogP contribution in [0.4, 0.5) is 0 Å². The van der Waals surface area contributed by atoms with Crippen LogP contribution in [0.25, 0.3) is 0 Å². The van der Waals surface area contributed by atoms with Crippen LogP contribution >= 0.6 is 0 Å². The lowest BCUT2D eigenvalue weighted by Crippen LogP contribution is -2.47. The van der Waals surface area contributed by atoms with E-state index in [0.717, 1.165) is 25.7 Å². The molecule has 0 saturated heterocycles. The normalized spacial score (nSPS) is 21.5. The molecule has 2 unspecified atom stereocenters. The second-order valence-electron chi connectivity index (χ2n) is 5.78. The molecule has 1 saturated carbocycles. The molecule has 0 heterocycles. The number of carbonyl (C=O) groups is 2. The predicted octanol–water partition coefficient (Wildman–Crippen LogP) is 0.474. The summed E-state index contributed by atoms with van der Waals surface area (Å²) in [5.41, 5.74) is 0. The van der Waals surface area contributed by atoms with Gasteiger partial charge in [0, 0.05) is 38.0 Å². The first-order valence-corrected chi connectivity index (χ1v) is 8.39. The van der Waals surface area contributed by atoms with E-state index in [2.05, 4.69) is 0 Å². The third-order valence-corrected chi connectivity index (χ3v) is 4.53. The van der Waals surface area contributed by atoms with Gasteiger partial charge < -0.3 is 20.0 Å². The number of aliphatic hydroxyl groups excluding tert-OH is 2. The molecule has 0 aromatic heterocycles. The van der Waals surface area contributed by atoms with E-state index < -0.39 is 0 Å².